The fourth-order valence-corrected chi connectivity index (χ4v) is 4.21. The van der Waals surface area contributed by atoms with Gasteiger partial charge in [-0.2, -0.15) is 5.21 Å². The van der Waals surface area contributed by atoms with Crippen molar-refractivity contribution in [2.75, 3.05) is 7.11 Å². The lowest BCUT2D eigenvalue weighted by molar-refractivity contribution is 0.418. The summed E-state index contributed by atoms with van der Waals surface area (Å²) in [7, 11) is 1.67. The van der Waals surface area contributed by atoms with Crippen LogP contribution in [0.1, 0.15) is 42.5 Å². The van der Waals surface area contributed by atoms with Crippen LogP contribution in [0.25, 0.3) is 22.3 Å². The van der Waals surface area contributed by atoms with Crippen LogP contribution in [0.2, 0.25) is 0 Å². The van der Waals surface area contributed by atoms with Crippen molar-refractivity contribution in [1.29, 1.82) is 0 Å². The zero-order chi connectivity index (χ0) is 22.6. The molecule has 0 amide bonds. The van der Waals surface area contributed by atoms with Crippen LogP contribution in [0, 0.1) is 0 Å². The number of aryl methyl sites for hydroxylation is 1. The molecule has 4 aromatic rings. The van der Waals surface area contributed by atoms with Gasteiger partial charge in [-0.1, -0.05) is 55.5 Å². The number of allylic oxidation sites excluding steroid dienone is 6. The molecule has 1 aromatic carbocycles. The summed E-state index contributed by atoms with van der Waals surface area (Å²) < 4.78 is 7.75. The first kappa shape index (κ1) is 20.8. The Morgan fingerprint density at radius 3 is 2.73 bits per heavy atom. The Morgan fingerprint density at radius 1 is 1.09 bits per heavy atom. The van der Waals surface area contributed by atoms with Crippen LogP contribution >= 0.6 is 0 Å². The number of hydrogen-bond acceptors (Lipinski definition) is 6. The Bertz CT molecular complexity index is 1360. The summed E-state index contributed by atoms with van der Waals surface area (Å²) in [4.78, 5) is 9.54. The highest BCUT2D eigenvalue weighted by Crippen LogP contribution is 2.32. The summed E-state index contributed by atoms with van der Waals surface area (Å²) >= 11 is 0. The van der Waals surface area contributed by atoms with E-state index in [9.17, 15) is 0 Å². The topological polar surface area (TPSA) is 94.4 Å². The number of aromatic nitrogens is 7. The fraction of sp³-hybridized carbons (Fsp3) is 0.240. The third kappa shape index (κ3) is 3.95. The minimum Gasteiger partial charge on any atom is -0.494 e. The highest BCUT2D eigenvalue weighted by molar-refractivity contribution is 5.99. The van der Waals surface area contributed by atoms with Gasteiger partial charge in [-0.05, 0) is 34.8 Å². The van der Waals surface area contributed by atoms with Crippen LogP contribution in [0.4, 0.5) is 0 Å². The van der Waals surface area contributed by atoms with Crippen molar-refractivity contribution in [3.8, 4) is 5.75 Å². The van der Waals surface area contributed by atoms with Crippen molar-refractivity contribution in [3.05, 3.63) is 83.6 Å². The molecule has 33 heavy (non-hydrogen) atoms. The second-order valence-corrected chi connectivity index (χ2v) is 7.81. The van der Waals surface area contributed by atoms with Gasteiger partial charge in [0.15, 0.2) is 5.65 Å². The van der Waals surface area contributed by atoms with Crippen LogP contribution in [-0.2, 0) is 13.0 Å². The number of benzene rings is 1. The zero-order valence-electron chi connectivity index (χ0n) is 18.7. The van der Waals surface area contributed by atoms with E-state index in [0.29, 0.717) is 12.4 Å². The molecule has 1 aliphatic rings. The summed E-state index contributed by atoms with van der Waals surface area (Å²) in [6, 6.07) is 10.3. The molecule has 0 radical (unpaired) electrons. The highest BCUT2D eigenvalue weighted by atomic mass is 16.5. The average molecular weight is 440 g/mol. The molecule has 0 bridgehead atoms. The Balaban J connectivity index is 1.66. The largest absolute Gasteiger partial charge is 0.494 e. The smallest absolute Gasteiger partial charge is 0.205 e. The highest BCUT2D eigenvalue weighted by Gasteiger charge is 2.19. The lowest BCUT2D eigenvalue weighted by Gasteiger charge is -2.15. The number of ether oxygens (including phenoxy) is 1. The van der Waals surface area contributed by atoms with Gasteiger partial charge in [0.05, 0.1) is 13.7 Å². The fourth-order valence-electron chi connectivity index (χ4n) is 4.21. The minimum absolute atomic E-state index is 0.578. The summed E-state index contributed by atoms with van der Waals surface area (Å²) in [5.41, 5.74) is 5.91. The molecule has 3 heterocycles. The molecule has 5 rings (SSSR count). The van der Waals surface area contributed by atoms with E-state index in [1.54, 1.807) is 13.3 Å². The van der Waals surface area contributed by atoms with Crippen LogP contribution in [-0.4, -0.2) is 42.3 Å². The second-order valence-electron chi connectivity index (χ2n) is 7.81. The molecule has 0 spiro atoms. The van der Waals surface area contributed by atoms with Gasteiger partial charge in [0, 0.05) is 24.3 Å². The molecular weight excluding hydrogens is 414 g/mol. The number of H-pyrrole nitrogens is 1. The number of imidazole rings is 1. The molecule has 8 heteroatoms. The predicted molar refractivity (Wildman–Crippen MR) is 128 cm³/mol. The van der Waals surface area contributed by atoms with Gasteiger partial charge < -0.3 is 9.30 Å². The maximum Gasteiger partial charge on any atom is 0.205 e. The second kappa shape index (κ2) is 9.20. The number of pyridine rings is 1. The van der Waals surface area contributed by atoms with E-state index < -0.39 is 0 Å². The number of fused-ring (bicyclic) bond motifs is 1. The molecule has 8 nitrogen and oxygen atoms in total. The summed E-state index contributed by atoms with van der Waals surface area (Å²) in [6.45, 7) is 2.80. The summed E-state index contributed by atoms with van der Waals surface area (Å²) in [5.74, 6) is 2.32. The first-order chi connectivity index (χ1) is 16.3. The molecule has 0 saturated heterocycles. The number of nitrogens with one attached hydrogen (secondary N) is 1. The maximum absolute atomic E-state index is 5.55. The molecule has 3 aromatic heterocycles. The molecule has 166 valence electrons. The van der Waals surface area contributed by atoms with Crippen molar-refractivity contribution in [2.45, 2.75) is 32.7 Å². The molecule has 1 aliphatic carbocycles. The lowest BCUT2D eigenvalue weighted by Crippen LogP contribution is -2.08. The van der Waals surface area contributed by atoms with E-state index >= 15 is 0 Å². The van der Waals surface area contributed by atoms with Crippen molar-refractivity contribution in [2.24, 2.45) is 0 Å². The van der Waals surface area contributed by atoms with E-state index in [2.05, 4.69) is 85.7 Å². The van der Waals surface area contributed by atoms with Gasteiger partial charge in [-0.15, -0.1) is 10.2 Å². The molecule has 0 unspecified atom stereocenters. The standard InChI is InChI=1S/C25H25N7O/c1-3-9-22-27-23-21(33-2)14-15-26-25(23)32(22)16-17-10-7-8-11-18(17)19-12-5-4-6-13-20(19)24-28-30-31-29-24/h5-8,10-15H,3-4,9,16H2,1-2H3,(H,28,29,30,31). The zero-order valence-corrected chi connectivity index (χ0v) is 18.7. The molecule has 1 N–H and O–H groups in total. The molecule has 0 fully saturated rings. The van der Waals surface area contributed by atoms with Gasteiger partial charge in [0.1, 0.15) is 17.1 Å². The third-order valence-corrected chi connectivity index (χ3v) is 5.72. The van der Waals surface area contributed by atoms with Gasteiger partial charge in [-0.25, -0.2) is 9.97 Å². The number of tetrazole rings is 1. The first-order valence-corrected chi connectivity index (χ1v) is 11.1. The molecule has 0 atom stereocenters. The normalized spacial score (nSPS) is 13.6. The van der Waals surface area contributed by atoms with Gasteiger partial charge >= 0.3 is 0 Å². The van der Waals surface area contributed by atoms with Gasteiger partial charge in [0.2, 0.25) is 5.82 Å². The van der Waals surface area contributed by atoms with E-state index in [4.69, 9.17) is 9.72 Å². The van der Waals surface area contributed by atoms with Crippen LogP contribution < -0.4 is 4.74 Å². The Labute approximate surface area is 191 Å². The van der Waals surface area contributed by atoms with Crippen molar-refractivity contribution in [1.82, 2.24) is 35.2 Å². The van der Waals surface area contributed by atoms with E-state index in [1.807, 2.05) is 6.07 Å². The molecule has 0 saturated carbocycles. The Kier molecular flexibility index (Phi) is 5.80. The first-order valence-electron chi connectivity index (χ1n) is 11.1. The predicted octanol–water partition coefficient (Wildman–Crippen LogP) is 4.38. The van der Waals surface area contributed by atoms with Crippen LogP contribution in [0.3, 0.4) is 0 Å². The molecular formula is C25H25N7O. The van der Waals surface area contributed by atoms with E-state index in [-0.39, 0.29) is 0 Å². The van der Waals surface area contributed by atoms with Gasteiger partial charge in [0.25, 0.3) is 0 Å². The lowest BCUT2D eigenvalue weighted by atomic mass is 9.94. The maximum atomic E-state index is 5.55. The SMILES string of the molecule is CCCc1nc2c(OC)ccnc2n1Cc1ccccc1C1=C(c2nn[nH]n2)C=CCC=C1. The van der Waals surface area contributed by atoms with Crippen LogP contribution in [0.15, 0.2) is 60.8 Å². The number of aromatic amines is 1. The van der Waals surface area contributed by atoms with Crippen molar-refractivity contribution in [3.63, 3.8) is 0 Å². The Morgan fingerprint density at radius 2 is 1.94 bits per heavy atom. The van der Waals surface area contributed by atoms with Gasteiger partial charge in [-0.3, -0.25) is 0 Å². The van der Waals surface area contributed by atoms with E-state index in [0.717, 1.165) is 64.3 Å². The van der Waals surface area contributed by atoms with Crippen LogP contribution in [0.5, 0.6) is 5.75 Å². The average Bonchev–Trinajstić information content (AvgIpc) is 3.42. The monoisotopic (exact) mass is 439 g/mol. The number of rotatable bonds is 7. The quantitative estimate of drug-likeness (QED) is 0.459. The summed E-state index contributed by atoms with van der Waals surface area (Å²) in [6.07, 6.45) is 13.0. The Hall–Kier alpha value is -4.07. The number of nitrogens with zero attached hydrogens (tertiary/aromatic N) is 6. The third-order valence-electron chi connectivity index (χ3n) is 5.72. The number of methoxy groups -OCH3 is 1. The van der Waals surface area contributed by atoms with E-state index in [1.165, 1.54) is 0 Å². The number of hydrogen-bond donors (Lipinski definition) is 1. The summed E-state index contributed by atoms with van der Waals surface area (Å²) in [5, 5.41) is 14.8. The van der Waals surface area contributed by atoms with Crippen molar-refractivity contribution >= 4 is 22.3 Å². The van der Waals surface area contributed by atoms with Crippen molar-refractivity contribution < 1.29 is 4.74 Å². The minimum atomic E-state index is 0.578. The molecule has 0 aliphatic heterocycles.